The molecule has 5 heteroatoms. The average molecular weight is 198 g/mol. The maximum atomic E-state index is 13.2. The first-order chi connectivity index (χ1) is 6.61. The molecule has 1 atom stereocenters. The Kier molecular flexibility index (Phi) is 3.41. The molecular weight excluding hydrogens is 187 g/mol. The Hall–Kier alpha value is -1.62. The monoisotopic (exact) mass is 198 g/mol. The van der Waals surface area contributed by atoms with E-state index < -0.39 is 12.0 Å². The Labute approximate surface area is 80.9 Å². The summed E-state index contributed by atoms with van der Waals surface area (Å²) in [5.41, 5.74) is 2.43. The van der Waals surface area contributed by atoms with Crippen molar-refractivity contribution >= 4 is 11.7 Å². The summed E-state index contributed by atoms with van der Waals surface area (Å²) in [5.74, 6) is -1.11. The highest BCUT2D eigenvalue weighted by Crippen LogP contribution is 2.11. The van der Waals surface area contributed by atoms with E-state index in [1.807, 2.05) is 0 Å². The van der Waals surface area contributed by atoms with Crippen molar-refractivity contribution in [3.05, 3.63) is 30.3 Å². The molecule has 0 aliphatic rings. The van der Waals surface area contributed by atoms with E-state index in [9.17, 15) is 9.28 Å². The van der Waals surface area contributed by atoms with Gasteiger partial charge in [0.2, 0.25) is 0 Å². The third-order valence-corrected chi connectivity index (χ3v) is 1.66. The fraction of sp³-hybridized carbons (Fsp3) is 0.222. The zero-order valence-electron chi connectivity index (χ0n) is 7.64. The van der Waals surface area contributed by atoms with Crippen LogP contribution >= 0.6 is 0 Å². The van der Waals surface area contributed by atoms with Crippen LogP contribution in [0.5, 0.6) is 0 Å². The second kappa shape index (κ2) is 4.57. The molecule has 1 unspecified atom stereocenters. The molecule has 76 valence electrons. The first kappa shape index (κ1) is 10.5. The van der Waals surface area contributed by atoms with Gasteiger partial charge in [-0.2, -0.15) is 5.43 Å². The molecule has 0 spiro atoms. The third-order valence-electron chi connectivity index (χ3n) is 1.66. The molecule has 0 aliphatic carbocycles. The minimum Gasteiger partial charge on any atom is -0.480 e. The minimum absolute atomic E-state index is 0.193. The molecule has 0 fully saturated rings. The van der Waals surface area contributed by atoms with Crippen molar-refractivity contribution in [3.8, 4) is 0 Å². The quantitative estimate of drug-likeness (QED) is 0.566. The highest BCUT2D eigenvalue weighted by atomic mass is 19.2. The number of aliphatic carboxylic acids is 1. The Bertz CT molecular complexity index is 305. The molecule has 1 rings (SSSR count). The summed E-state index contributed by atoms with van der Waals surface area (Å²) in [6.45, 7) is 1.36. The first-order valence-corrected chi connectivity index (χ1v) is 4.11. The Balaban J connectivity index is 2.59. The summed E-state index contributed by atoms with van der Waals surface area (Å²) < 4.78 is 13.2. The van der Waals surface area contributed by atoms with Crippen molar-refractivity contribution in [1.29, 1.82) is 0 Å². The van der Waals surface area contributed by atoms with Crippen molar-refractivity contribution in [2.45, 2.75) is 13.0 Å². The first-order valence-electron chi connectivity index (χ1n) is 4.11. The summed E-state index contributed by atoms with van der Waals surface area (Å²) in [5, 5.41) is 8.72. The zero-order valence-corrected chi connectivity index (χ0v) is 7.64. The Morgan fingerprint density at radius 2 is 2.07 bits per heavy atom. The topological polar surface area (TPSA) is 52.6 Å². The number of carboxylic acid groups (broad SMARTS) is 1. The maximum absolute atomic E-state index is 13.2. The summed E-state index contributed by atoms with van der Waals surface area (Å²) in [7, 11) is 0. The number of hydrogen-bond donors (Lipinski definition) is 2. The van der Waals surface area contributed by atoms with Gasteiger partial charge in [-0.05, 0) is 19.1 Å². The number of anilines is 1. The highest BCUT2D eigenvalue weighted by molar-refractivity contribution is 5.73. The van der Waals surface area contributed by atoms with Crippen molar-refractivity contribution < 1.29 is 14.4 Å². The predicted molar refractivity (Wildman–Crippen MR) is 50.3 cm³/mol. The second-order valence-electron chi connectivity index (χ2n) is 2.81. The van der Waals surface area contributed by atoms with Crippen LogP contribution in [0, 0.1) is 0 Å². The summed E-state index contributed by atoms with van der Waals surface area (Å²) in [4.78, 5) is 10.4. The van der Waals surface area contributed by atoms with Gasteiger partial charge in [0.05, 0.1) is 5.69 Å². The van der Waals surface area contributed by atoms with Crippen LogP contribution in [0.3, 0.4) is 0 Å². The lowest BCUT2D eigenvalue weighted by Crippen LogP contribution is -2.42. The van der Waals surface area contributed by atoms with E-state index in [4.69, 9.17) is 5.11 Å². The van der Waals surface area contributed by atoms with Gasteiger partial charge in [-0.1, -0.05) is 22.7 Å². The number of halogens is 1. The van der Waals surface area contributed by atoms with E-state index in [-0.39, 0.29) is 10.9 Å². The highest BCUT2D eigenvalue weighted by Gasteiger charge is 2.14. The number of rotatable bonds is 4. The van der Waals surface area contributed by atoms with E-state index in [2.05, 4.69) is 5.43 Å². The average Bonchev–Trinajstić information content (AvgIpc) is 2.19. The normalized spacial score (nSPS) is 12.1. The van der Waals surface area contributed by atoms with E-state index in [0.29, 0.717) is 0 Å². The van der Waals surface area contributed by atoms with Gasteiger partial charge >= 0.3 is 5.97 Å². The summed E-state index contributed by atoms with van der Waals surface area (Å²) in [6.07, 6.45) is 0. The van der Waals surface area contributed by atoms with Gasteiger partial charge in [0.25, 0.3) is 0 Å². The van der Waals surface area contributed by atoms with Crippen LogP contribution < -0.4 is 10.7 Å². The Morgan fingerprint density at radius 1 is 1.50 bits per heavy atom. The molecule has 1 aromatic rings. The van der Waals surface area contributed by atoms with E-state index >= 15 is 0 Å². The van der Waals surface area contributed by atoms with Crippen LogP contribution in [0.15, 0.2) is 30.3 Å². The standard InChI is InChI=1S/C9H11FN2O2/c1-7(9(13)14)11-12(10)8-5-3-2-4-6-8/h2-7,11H,1H3,(H,13,14). The zero-order chi connectivity index (χ0) is 10.6. The van der Waals surface area contributed by atoms with Crippen molar-refractivity contribution in [2.75, 3.05) is 5.23 Å². The largest absolute Gasteiger partial charge is 0.480 e. The van der Waals surface area contributed by atoms with Gasteiger partial charge in [-0.3, -0.25) is 4.79 Å². The number of carboxylic acids is 1. The van der Waals surface area contributed by atoms with Gasteiger partial charge < -0.3 is 5.11 Å². The fourth-order valence-corrected chi connectivity index (χ4v) is 0.859. The summed E-state index contributed by atoms with van der Waals surface area (Å²) in [6, 6.07) is 7.16. The molecule has 0 radical (unpaired) electrons. The van der Waals surface area contributed by atoms with Gasteiger partial charge in [0, 0.05) is 0 Å². The molecule has 4 nitrogen and oxygen atoms in total. The molecule has 0 aliphatic heterocycles. The van der Waals surface area contributed by atoms with Crippen molar-refractivity contribution in [1.82, 2.24) is 5.43 Å². The van der Waals surface area contributed by atoms with Crippen LogP contribution in [0.2, 0.25) is 0 Å². The molecule has 14 heavy (non-hydrogen) atoms. The number of hydrazine groups is 1. The predicted octanol–water partition coefficient (Wildman–Crippen LogP) is 1.36. The van der Waals surface area contributed by atoms with Gasteiger partial charge in [-0.15, -0.1) is 5.23 Å². The molecule has 0 heterocycles. The molecule has 0 amide bonds. The van der Waals surface area contributed by atoms with Crippen LogP contribution in [0.1, 0.15) is 6.92 Å². The summed E-state index contributed by atoms with van der Waals surface area (Å²) >= 11 is 0. The number of carbonyl (C=O) groups is 1. The van der Waals surface area contributed by atoms with Crippen LogP contribution in [-0.4, -0.2) is 17.1 Å². The molecule has 1 aromatic carbocycles. The van der Waals surface area contributed by atoms with Crippen molar-refractivity contribution in [2.24, 2.45) is 0 Å². The van der Waals surface area contributed by atoms with Gasteiger partial charge in [0.15, 0.2) is 0 Å². The van der Waals surface area contributed by atoms with Crippen LogP contribution in [0.25, 0.3) is 0 Å². The van der Waals surface area contributed by atoms with Gasteiger partial charge in [-0.25, -0.2) is 0 Å². The number of benzene rings is 1. The minimum atomic E-state index is -1.11. The van der Waals surface area contributed by atoms with E-state index in [1.165, 1.54) is 19.1 Å². The maximum Gasteiger partial charge on any atom is 0.322 e. The fourth-order valence-electron chi connectivity index (χ4n) is 0.859. The van der Waals surface area contributed by atoms with Crippen molar-refractivity contribution in [3.63, 3.8) is 0 Å². The lowest BCUT2D eigenvalue weighted by atomic mass is 10.3. The number of para-hydroxylation sites is 1. The molecule has 0 aromatic heterocycles. The molecule has 0 bridgehead atoms. The Morgan fingerprint density at radius 3 is 2.57 bits per heavy atom. The smallest absolute Gasteiger partial charge is 0.322 e. The SMILES string of the molecule is CC(NN(F)c1ccccc1)C(=O)O. The lowest BCUT2D eigenvalue weighted by Gasteiger charge is -2.17. The molecule has 0 saturated heterocycles. The molecule has 0 saturated carbocycles. The number of nitrogens with one attached hydrogen (secondary N) is 1. The van der Waals surface area contributed by atoms with Crippen LogP contribution in [-0.2, 0) is 4.79 Å². The number of hydrogen-bond acceptors (Lipinski definition) is 3. The van der Waals surface area contributed by atoms with E-state index in [1.54, 1.807) is 18.2 Å². The lowest BCUT2D eigenvalue weighted by molar-refractivity contribution is -0.139. The number of nitrogens with zero attached hydrogens (tertiary/aromatic N) is 1. The van der Waals surface area contributed by atoms with Gasteiger partial charge in [0.1, 0.15) is 6.04 Å². The second-order valence-corrected chi connectivity index (χ2v) is 2.81. The van der Waals surface area contributed by atoms with Crippen LogP contribution in [0.4, 0.5) is 10.2 Å². The molecule has 2 N–H and O–H groups in total. The van der Waals surface area contributed by atoms with E-state index in [0.717, 1.165) is 0 Å². The molecular formula is C9H11FN2O2. The third kappa shape index (κ3) is 2.70.